The molecule has 0 aliphatic carbocycles. The van der Waals surface area contributed by atoms with Gasteiger partial charge >= 0.3 is 0 Å². The van der Waals surface area contributed by atoms with Crippen molar-refractivity contribution >= 4 is 17.8 Å². The molecule has 5 nitrogen and oxygen atoms in total. The van der Waals surface area contributed by atoms with Gasteiger partial charge in [0.25, 0.3) is 5.91 Å². The zero-order valence-electron chi connectivity index (χ0n) is 15.7. The fourth-order valence-corrected chi connectivity index (χ4v) is 2.50. The number of nitrogens with one attached hydrogen (secondary N) is 1. The number of rotatable bonds is 8. The molecule has 0 aromatic heterocycles. The molecule has 0 aliphatic heterocycles. The highest BCUT2D eigenvalue weighted by Gasteiger charge is 2.02. The van der Waals surface area contributed by atoms with Crippen molar-refractivity contribution in [3.63, 3.8) is 0 Å². The second-order valence-corrected chi connectivity index (χ2v) is 6.27. The maximum Gasteiger partial charge on any atom is 0.265 e. The molecule has 28 heavy (non-hydrogen) atoms. The first-order chi connectivity index (χ1) is 13.7. The van der Waals surface area contributed by atoms with Gasteiger partial charge in [-0.15, -0.1) is 0 Å². The molecule has 0 fully saturated rings. The summed E-state index contributed by atoms with van der Waals surface area (Å²) in [6.07, 6.45) is 1.56. The molecule has 0 heterocycles. The van der Waals surface area contributed by atoms with E-state index in [0.717, 1.165) is 28.1 Å². The van der Waals surface area contributed by atoms with E-state index in [0.29, 0.717) is 6.61 Å². The molecule has 0 radical (unpaired) electrons. The Morgan fingerprint density at radius 3 is 2.54 bits per heavy atom. The Bertz CT molecular complexity index is 922. The maximum atomic E-state index is 11.8. The summed E-state index contributed by atoms with van der Waals surface area (Å²) >= 11 is 0. The summed E-state index contributed by atoms with van der Waals surface area (Å²) < 4.78 is 5.74. The molecule has 1 amide bonds. The summed E-state index contributed by atoms with van der Waals surface area (Å²) in [5.74, 6) is 0.520. The van der Waals surface area contributed by atoms with E-state index < -0.39 is 0 Å². The SMILES string of the molecule is Cc1cccc(NC(=O)CON=Cc2ccc(OCc3ccccc3)cc2)c1. The van der Waals surface area contributed by atoms with Gasteiger partial charge in [-0.1, -0.05) is 47.6 Å². The summed E-state index contributed by atoms with van der Waals surface area (Å²) in [4.78, 5) is 16.9. The lowest BCUT2D eigenvalue weighted by Crippen LogP contribution is -2.16. The molecular formula is C23H22N2O3. The standard InChI is InChI=1S/C23H22N2O3/c1-18-6-5-9-21(14-18)25-23(26)17-28-24-15-19-10-12-22(13-11-19)27-16-20-7-3-2-4-8-20/h2-15H,16-17H2,1H3,(H,25,26). The molecule has 0 saturated heterocycles. The molecule has 0 spiro atoms. The Kier molecular flexibility index (Phi) is 6.79. The van der Waals surface area contributed by atoms with Gasteiger partial charge in [0, 0.05) is 5.69 Å². The first-order valence-corrected chi connectivity index (χ1v) is 8.98. The van der Waals surface area contributed by atoms with E-state index in [1.165, 1.54) is 0 Å². The summed E-state index contributed by atoms with van der Waals surface area (Å²) in [5, 5.41) is 6.60. The lowest BCUT2D eigenvalue weighted by Gasteiger charge is -2.06. The number of hydrogen-bond acceptors (Lipinski definition) is 4. The van der Waals surface area contributed by atoms with Crippen LogP contribution >= 0.6 is 0 Å². The van der Waals surface area contributed by atoms with Gasteiger partial charge in [0.2, 0.25) is 0 Å². The smallest absolute Gasteiger partial charge is 0.265 e. The van der Waals surface area contributed by atoms with E-state index in [4.69, 9.17) is 9.57 Å². The number of aryl methyl sites for hydroxylation is 1. The average Bonchev–Trinajstić information content (AvgIpc) is 2.71. The maximum absolute atomic E-state index is 11.8. The molecule has 5 heteroatoms. The van der Waals surface area contributed by atoms with Crippen molar-refractivity contribution in [1.29, 1.82) is 0 Å². The minimum absolute atomic E-state index is 0.150. The number of carbonyl (C=O) groups excluding carboxylic acids is 1. The van der Waals surface area contributed by atoms with Crippen molar-refractivity contribution in [2.75, 3.05) is 11.9 Å². The van der Waals surface area contributed by atoms with Crippen LogP contribution in [-0.2, 0) is 16.2 Å². The van der Waals surface area contributed by atoms with Crippen LogP contribution in [0.1, 0.15) is 16.7 Å². The lowest BCUT2D eigenvalue weighted by molar-refractivity contribution is -0.120. The van der Waals surface area contributed by atoms with Crippen molar-refractivity contribution in [1.82, 2.24) is 0 Å². The third-order valence-electron chi connectivity index (χ3n) is 3.90. The molecule has 3 rings (SSSR count). The molecule has 3 aromatic rings. The number of carbonyl (C=O) groups is 1. The van der Waals surface area contributed by atoms with Crippen molar-refractivity contribution in [2.45, 2.75) is 13.5 Å². The van der Waals surface area contributed by atoms with Crippen LogP contribution < -0.4 is 10.1 Å². The Morgan fingerprint density at radius 2 is 1.79 bits per heavy atom. The Labute approximate surface area is 164 Å². The molecule has 0 atom stereocenters. The van der Waals surface area contributed by atoms with Crippen LogP contribution in [0.15, 0.2) is 84.0 Å². The highest BCUT2D eigenvalue weighted by molar-refractivity contribution is 5.91. The van der Waals surface area contributed by atoms with E-state index in [1.807, 2.05) is 85.8 Å². The Balaban J connectivity index is 1.41. The van der Waals surface area contributed by atoms with Gasteiger partial charge < -0.3 is 14.9 Å². The van der Waals surface area contributed by atoms with Crippen LogP contribution in [0.3, 0.4) is 0 Å². The summed E-state index contributed by atoms with van der Waals surface area (Å²) in [6.45, 7) is 2.34. The largest absolute Gasteiger partial charge is 0.489 e. The molecule has 0 aliphatic rings. The molecular weight excluding hydrogens is 352 g/mol. The van der Waals surface area contributed by atoms with Crippen molar-refractivity contribution in [3.8, 4) is 5.75 Å². The van der Waals surface area contributed by atoms with Gasteiger partial charge in [-0.05, 0) is 60.0 Å². The van der Waals surface area contributed by atoms with Gasteiger partial charge in [0.15, 0.2) is 6.61 Å². The number of benzene rings is 3. The minimum atomic E-state index is -0.257. The van der Waals surface area contributed by atoms with Crippen LogP contribution in [0.4, 0.5) is 5.69 Å². The van der Waals surface area contributed by atoms with Gasteiger partial charge in [0.05, 0.1) is 6.21 Å². The zero-order valence-corrected chi connectivity index (χ0v) is 15.7. The number of anilines is 1. The van der Waals surface area contributed by atoms with Crippen LogP contribution in [0.5, 0.6) is 5.75 Å². The molecule has 0 unspecified atom stereocenters. The lowest BCUT2D eigenvalue weighted by atomic mass is 10.2. The second-order valence-electron chi connectivity index (χ2n) is 6.27. The summed E-state index contributed by atoms with van der Waals surface area (Å²) in [5.41, 5.74) is 3.79. The fraction of sp³-hybridized carbons (Fsp3) is 0.130. The Hall–Kier alpha value is -3.60. The third-order valence-corrected chi connectivity index (χ3v) is 3.90. The highest BCUT2D eigenvalue weighted by Crippen LogP contribution is 2.13. The number of ether oxygens (including phenoxy) is 1. The number of hydrogen-bond donors (Lipinski definition) is 1. The van der Waals surface area contributed by atoms with E-state index in [-0.39, 0.29) is 12.5 Å². The predicted octanol–water partition coefficient (Wildman–Crippen LogP) is 4.56. The second kappa shape index (κ2) is 9.92. The van der Waals surface area contributed by atoms with E-state index in [2.05, 4.69) is 10.5 Å². The van der Waals surface area contributed by atoms with Crippen LogP contribution in [0.25, 0.3) is 0 Å². The number of nitrogens with zero attached hydrogens (tertiary/aromatic N) is 1. The van der Waals surface area contributed by atoms with Gasteiger partial charge in [0.1, 0.15) is 12.4 Å². The molecule has 0 bridgehead atoms. The molecule has 3 aromatic carbocycles. The monoisotopic (exact) mass is 374 g/mol. The predicted molar refractivity (Wildman–Crippen MR) is 111 cm³/mol. The number of amides is 1. The van der Waals surface area contributed by atoms with Crippen LogP contribution in [0, 0.1) is 6.92 Å². The first kappa shape index (κ1) is 19.2. The molecule has 1 N–H and O–H groups in total. The van der Waals surface area contributed by atoms with E-state index >= 15 is 0 Å². The highest BCUT2D eigenvalue weighted by atomic mass is 16.6. The zero-order chi connectivity index (χ0) is 19.6. The minimum Gasteiger partial charge on any atom is -0.489 e. The summed E-state index contributed by atoms with van der Waals surface area (Å²) in [6, 6.07) is 25.1. The molecule has 142 valence electrons. The number of oxime groups is 1. The van der Waals surface area contributed by atoms with Crippen molar-refractivity contribution < 1.29 is 14.4 Å². The van der Waals surface area contributed by atoms with Crippen molar-refractivity contribution in [3.05, 3.63) is 95.6 Å². The van der Waals surface area contributed by atoms with Gasteiger partial charge in [-0.3, -0.25) is 4.79 Å². The Morgan fingerprint density at radius 1 is 1.00 bits per heavy atom. The van der Waals surface area contributed by atoms with Gasteiger partial charge in [-0.25, -0.2) is 0 Å². The van der Waals surface area contributed by atoms with Gasteiger partial charge in [-0.2, -0.15) is 0 Å². The normalized spacial score (nSPS) is 10.6. The topological polar surface area (TPSA) is 59.9 Å². The van der Waals surface area contributed by atoms with Crippen LogP contribution in [0.2, 0.25) is 0 Å². The van der Waals surface area contributed by atoms with E-state index in [9.17, 15) is 4.79 Å². The first-order valence-electron chi connectivity index (χ1n) is 8.98. The van der Waals surface area contributed by atoms with E-state index in [1.54, 1.807) is 6.21 Å². The van der Waals surface area contributed by atoms with Crippen LogP contribution in [-0.4, -0.2) is 18.7 Å². The summed E-state index contributed by atoms with van der Waals surface area (Å²) in [7, 11) is 0. The molecule has 0 saturated carbocycles. The third kappa shape index (κ3) is 6.29. The van der Waals surface area contributed by atoms with Crippen molar-refractivity contribution in [2.24, 2.45) is 5.16 Å². The fourth-order valence-electron chi connectivity index (χ4n) is 2.50. The quantitative estimate of drug-likeness (QED) is 0.464. The average molecular weight is 374 g/mol.